The highest BCUT2D eigenvalue weighted by Gasteiger charge is 2.18. The second-order valence-corrected chi connectivity index (χ2v) is 16.7. The Morgan fingerprint density at radius 1 is 0.702 bits per heavy atom. The predicted molar refractivity (Wildman–Crippen MR) is 233 cm³/mol. The van der Waals surface area contributed by atoms with Crippen LogP contribution in [0.1, 0.15) is 70.9 Å². The number of carbonyl (C=O) groups is 2. The fraction of sp³-hybridized carbons (Fsp3) is 0.364. The molecule has 2 aliphatic heterocycles. The van der Waals surface area contributed by atoms with Crippen molar-refractivity contribution in [1.29, 1.82) is 0 Å². The molecule has 13 heteroatoms. The molecule has 8 rings (SSSR count). The molecule has 0 spiro atoms. The lowest BCUT2D eigenvalue weighted by molar-refractivity contribution is 0.0693. The summed E-state index contributed by atoms with van der Waals surface area (Å²) in [5.41, 5.74) is 10.6. The van der Waals surface area contributed by atoms with E-state index in [0.29, 0.717) is 23.8 Å². The van der Waals surface area contributed by atoms with E-state index in [1.54, 1.807) is 12.4 Å². The number of benzene rings is 4. The number of carboxylic acid groups (broad SMARTS) is 1. The van der Waals surface area contributed by atoms with Gasteiger partial charge in [0.25, 0.3) is 0 Å². The number of aryl methyl sites for hydroxylation is 2. The van der Waals surface area contributed by atoms with Gasteiger partial charge in [-0.3, -0.25) is 13.9 Å². The van der Waals surface area contributed by atoms with Gasteiger partial charge in [-0.2, -0.15) is 0 Å². The Kier molecular flexibility index (Phi) is 13.1. The van der Waals surface area contributed by atoms with Gasteiger partial charge >= 0.3 is 5.97 Å². The van der Waals surface area contributed by atoms with Crippen molar-refractivity contribution in [3.63, 3.8) is 0 Å². The maximum absolute atomic E-state index is 12.1. The predicted octanol–water partition coefficient (Wildman–Crippen LogP) is 10.2. The number of ketones is 1. The van der Waals surface area contributed by atoms with Gasteiger partial charge in [-0.15, -0.1) is 0 Å². The van der Waals surface area contributed by atoms with Crippen molar-refractivity contribution in [2.75, 3.05) is 50.2 Å². The van der Waals surface area contributed by atoms with E-state index in [9.17, 15) is 14.7 Å². The fourth-order valence-corrected chi connectivity index (χ4v) is 8.48. The third-order valence-corrected chi connectivity index (χ3v) is 11.8. The number of rotatable bonds is 11. The highest BCUT2D eigenvalue weighted by atomic mass is 79.9. The summed E-state index contributed by atoms with van der Waals surface area (Å²) < 4.78 is 16.9. The van der Waals surface area contributed by atoms with Gasteiger partial charge in [-0.25, -0.2) is 14.8 Å². The van der Waals surface area contributed by atoms with Crippen LogP contribution in [0, 0.1) is 25.7 Å². The van der Waals surface area contributed by atoms with Crippen LogP contribution in [0.15, 0.2) is 82.3 Å². The maximum Gasteiger partial charge on any atom is 0.335 e. The molecule has 4 heterocycles. The molecule has 57 heavy (non-hydrogen) atoms. The smallest absolute Gasteiger partial charge is 0.335 e. The Hall–Kier alpha value is -4.56. The first-order chi connectivity index (χ1) is 27.6. The molecule has 2 saturated heterocycles. The highest BCUT2D eigenvalue weighted by molar-refractivity contribution is 9.10. The molecule has 3 N–H and O–H groups in total. The number of nitrogens with zero attached hydrogens (tertiary/aromatic N) is 4. The van der Waals surface area contributed by atoms with Crippen molar-refractivity contribution in [2.24, 2.45) is 11.8 Å². The maximum atomic E-state index is 12.1. The molecule has 4 aromatic carbocycles. The molecule has 2 aliphatic rings. The second kappa shape index (κ2) is 18.4. The number of hydrogen-bond donors (Lipinski definition) is 3. The summed E-state index contributed by atoms with van der Waals surface area (Å²) in [6, 6.07) is 19.6. The number of ether oxygens (including phenoxy) is 2. The van der Waals surface area contributed by atoms with Crippen LogP contribution in [0.3, 0.4) is 0 Å². The van der Waals surface area contributed by atoms with Crippen molar-refractivity contribution >= 4 is 77.1 Å². The third kappa shape index (κ3) is 9.44. The zero-order valence-corrected chi connectivity index (χ0v) is 35.7. The molecule has 298 valence electrons. The first kappa shape index (κ1) is 40.6. The topological polar surface area (TPSA) is 133 Å². The molecule has 0 saturated carbocycles. The van der Waals surface area contributed by atoms with E-state index in [-0.39, 0.29) is 5.78 Å². The molecule has 0 unspecified atom stereocenters. The van der Waals surface area contributed by atoms with Crippen LogP contribution < -0.4 is 10.6 Å². The van der Waals surface area contributed by atoms with Crippen LogP contribution in [0.5, 0.6) is 0 Å². The average Bonchev–Trinajstić information content (AvgIpc) is 3.84. The largest absolute Gasteiger partial charge is 0.478 e. The van der Waals surface area contributed by atoms with Gasteiger partial charge in [-0.05, 0) is 123 Å². The second-order valence-electron chi connectivity index (χ2n) is 14.8. The molecule has 2 fully saturated rings. The number of halogens is 2. The minimum atomic E-state index is -0.915. The lowest BCUT2D eigenvalue weighted by atomic mass is 10.0. The summed E-state index contributed by atoms with van der Waals surface area (Å²) in [5, 5.41) is 16.4. The van der Waals surface area contributed by atoms with Crippen LogP contribution in [0.25, 0.3) is 33.4 Å². The SMILES string of the molecule is CCC(=O)c1ccc(-n2cnc3c(NCC4CCOCC4)cc(Br)cc32)cc1C.Cc1cc(-n2cnc3c(NCC4CCOCC4)cc(Br)cc32)ccc1C(=O)O. The molecule has 0 aliphatic carbocycles. The molecular weight excluding hydrogens is 852 g/mol. The number of aromatic nitrogens is 4. The summed E-state index contributed by atoms with van der Waals surface area (Å²) in [4.78, 5) is 32.7. The van der Waals surface area contributed by atoms with E-state index < -0.39 is 5.97 Å². The van der Waals surface area contributed by atoms with Crippen LogP contribution in [-0.2, 0) is 9.47 Å². The summed E-state index contributed by atoms with van der Waals surface area (Å²) in [7, 11) is 0. The normalized spacial score (nSPS) is 15.0. The monoisotopic (exact) mass is 898 g/mol. The molecule has 0 amide bonds. The van der Waals surface area contributed by atoms with Gasteiger partial charge in [0.15, 0.2) is 5.78 Å². The quantitative estimate of drug-likeness (QED) is 0.109. The summed E-state index contributed by atoms with van der Waals surface area (Å²) in [6.45, 7) is 10.9. The molecule has 11 nitrogen and oxygen atoms in total. The zero-order valence-electron chi connectivity index (χ0n) is 32.5. The minimum absolute atomic E-state index is 0.173. The van der Waals surface area contributed by atoms with Crippen molar-refractivity contribution < 1.29 is 24.2 Å². The first-order valence-electron chi connectivity index (χ1n) is 19.5. The van der Waals surface area contributed by atoms with Crippen LogP contribution in [-0.4, -0.2) is 75.5 Å². The van der Waals surface area contributed by atoms with Gasteiger partial charge in [0, 0.05) is 71.8 Å². The Labute approximate surface area is 349 Å². The van der Waals surface area contributed by atoms with E-state index in [1.807, 2.05) is 62.0 Å². The number of nitrogens with one attached hydrogen (secondary N) is 2. The number of imidazole rings is 2. The van der Waals surface area contributed by atoms with Gasteiger partial charge in [-0.1, -0.05) is 38.8 Å². The Bertz CT molecular complexity index is 2400. The van der Waals surface area contributed by atoms with E-state index in [0.717, 1.165) is 136 Å². The Morgan fingerprint density at radius 2 is 1.14 bits per heavy atom. The Morgan fingerprint density at radius 3 is 1.54 bits per heavy atom. The summed E-state index contributed by atoms with van der Waals surface area (Å²) in [6.07, 6.45) is 8.50. The average molecular weight is 901 g/mol. The number of carbonyl (C=O) groups excluding carboxylic acids is 1. The fourth-order valence-electron chi connectivity index (χ4n) is 7.59. The van der Waals surface area contributed by atoms with Crippen LogP contribution >= 0.6 is 31.9 Å². The van der Waals surface area contributed by atoms with Crippen LogP contribution in [0.2, 0.25) is 0 Å². The van der Waals surface area contributed by atoms with Gasteiger partial charge in [0.2, 0.25) is 0 Å². The number of anilines is 2. The first-order valence-corrected chi connectivity index (χ1v) is 21.1. The molecule has 0 atom stereocenters. The summed E-state index contributed by atoms with van der Waals surface area (Å²) in [5.74, 6) is 0.496. The molecule has 0 bridgehead atoms. The van der Waals surface area contributed by atoms with Crippen LogP contribution in [0.4, 0.5) is 11.4 Å². The molecular formula is C44H48Br2N6O5. The molecule has 6 aromatic rings. The molecule has 0 radical (unpaired) electrons. The minimum Gasteiger partial charge on any atom is -0.478 e. The van der Waals surface area contributed by atoms with E-state index >= 15 is 0 Å². The zero-order chi connectivity index (χ0) is 40.1. The van der Waals surface area contributed by atoms with Gasteiger partial charge in [0.1, 0.15) is 23.7 Å². The number of carboxylic acids is 1. The lowest BCUT2D eigenvalue weighted by Gasteiger charge is -2.22. The van der Waals surface area contributed by atoms with E-state index in [4.69, 9.17) is 14.5 Å². The molecule has 2 aromatic heterocycles. The van der Waals surface area contributed by atoms with E-state index in [2.05, 4.69) is 76.3 Å². The standard InChI is InChI=1S/C23H26BrN3O2.C21H22BrN3O3/c1-3-22(28)19-5-4-18(10-15(19)2)27-14-26-23-20(11-17(24)12-21(23)27)25-13-16-6-8-29-9-7-16;1-13-8-16(2-3-17(13)21(26)27)25-12-24-20-18(9-15(22)10-19(20)25)23-11-14-4-6-28-7-5-14/h4-5,10-12,14,16,25H,3,6-9,13H2,1-2H3;2-3,8-10,12,14,23H,4-7,11H2,1H3,(H,26,27). The number of aromatic carboxylic acids is 1. The van der Waals surface area contributed by atoms with E-state index in [1.165, 1.54) is 0 Å². The van der Waals surface area contributed by atoms with Crippen molar-refractivity contribution in [2.45, 2.75) is 52.9 Å². The van der Waals surface area contributed by atoms with Crippen molar-refractivity contribution in [1.82, 2.24) is 19.1 Å². The van der Waals surface area contributed by atoms with Crippen molar-refractivity contribution in [3.05, 3.63) is 105 Å². The number of hydrogen-bond acceptors (Lipinski definition) is 8. The third-order valence-electron chi connectivity index (χ3n) is 10.9. The highest BCUT2D eigenvalue weighted by Crippen LogP contribution is 2.32. The van der Waals surface area contributed by atoms with Gasteiger partial charge in [0.05, 0.1) is 28.0 Å². The number of fused-ring (bicyclic) bond motifs is 2. The van der Waals surface area contributed by atoms with Crippen molar-refractivity contribution in [3.8, 4) is 11.4 Å². The van der Waals surface area contributed by atoms with Gasteiger partial charge < -0.3 is 25.2 Å². The Balaban J connectivity index is 0.000000174. The lowest BCUT2D eigenvalue weighted by Crippen LogP contribution is -2.22. The number of Topliss-reactive ketones (excluding diaryl/α,β-unsaturated/α-hetero) is 1. The summed E-state index contributed by atoms with van der Waals surface area (Å²) >= 11 is 7.26.